The van der Waals surface area contributed by atoms with Crippen molar-refractivity contribution < 1.29 is 9.53 Å². The highest BCUT2D eigenvalue weighted by Crippen LogP contribution is 2.24. The van der Waals surface area contributed by atoms with Gasteiger partial charge in [0, 0.05) is 44.9 Å². The normalized spacial score (nSPS) is 29.8. The molecule has 2 heterocycles. The minimum atomic E-state index is 0.0267. The number of carbonyl (C=O) groups excluding carboxylic acids is 1. The summed E-state index contributed by atoms with van der Waals surface area (Å²) in [6, 6.07) is 0. The van der Waals surface area contributed by atoms with E-state index in [9.17, 15) is 4.79 Å². The molecule has 0 bridgehead atoms. The Morgan fingerprint density at radius 3 is 2.42 bits per heavy atom. The number of nitrogens with two attached hydrogens (primary N) is 1. The van der Waals surface area contributed by atoms with Gasteiger partial charge in [-0.25, -0.2) is 0 Å². The van der Waals surface area contributed by atoms with Gasteiger partial charge < -0.3 is 15.4 Å². The van der Waals surface area contributed by atoms with E-state index < -0.39 is 0 Å². The molecule has 2 aliphatic rings. The summed E-state index contributed by atoms with van der Waals surface area (Å²) in [4.78, 5) is 16.8. The van der Waals surface area contributed by atoms with Gasteiger partial charge in [-0.05, 0) is 27.2 Å². The Kier molecular flexibility index (Phi) is 4.48. The molecule has 2 rings (SSSR count). The molecule has 0 radical (unpaired) electrons. The molecule has 0 saturated carbocycles. The molecular weight excluding hydrogens is 242 g/mol. The minimum absolute atomic E-state index is 0.0267. The van der Waals surface area contributed by atoms with Crippen LogP contribution in [0.25, 0.3) is 0 Å². The van der Waals surface area contributed by atoms with Gasteiger partial charge in [-0.2, -0.15) is 0 Å². The van der Waals surface area contributed by atoms with Gasteiger partial charge in [-0.1, -0.05) is 0 Å². The van der Waals surface area contributed by atoms with E-state index in [4.69, 9.17) is 10.5 Å². The van der Waals surface area contributed by atoms with Crippen LogP contribution in [0.4, 0.5) is 0 Å². The number of hydrogen-bond acceptors (Lipinski definition) is 4. The number of rotatable bonds is 3. The lowest BCUT2D eigenvalue weighted by molar-refractivity contribution is -0.139. The molecule has 2 aliphatic heterocycles. The van der Waals surface area contributed by atoms with Gasteiger partial charge >= 0.3 is 0 Å². The molecule has 0 spiro atoms. The number of piperazine rings is 1. The Morgan fingerprint density at radius 2 is 1.95 bits per heavy atom. The summed E-state index contributed by atoms with van der Waals surface area (Å²) >= 11 is 0. The van der Waals surface area contributed by atoms with E-state index in [0.29, 0.717) is 6.54 Å². The van der Waals surface area contributed by atoms with Crippen LogP contribution in [0, 0.1) is 5.92 Å². The molecule has 5 nitrogen and oxygen atoms in total. The molecule has 2 fully saturated rings. The van der Waals surface area contributed by atoms with Crippen LogP contribution in [0.15, 0.2) is 0 Å². The molecule has 2 N–H and O–H groups in total. The van der Waals surface area contributed by atoms with Crippen molar-refractivity contribution >= 4 is 5.91 Å². The average molecular weight is 269 g/mol. The van der Waals surface area contributed by atoms with Crippen LogP contribution in [0.2, 0.25) is 0 Å². The molecule has 2 saturated heterocycles. The van der Waals surface area contributed by atoms with Crippen molar-refractivity contribution in [1.29, 1.82) is 0 Å². The van der Waals surface area contributed by atoms with E-state index >= 15 is 0 Å². The van der Waals surface area contributed by atoms with Crippen LogP contribution in [0.5, 0.6) is 0 Å². The first-order valence-corrected chi connectivity index (χ1v) is 7.31. The fourth-order valence-corrected chi connectivity index (χ4v) is 2.95. The molecule has 2 atom stereocenters. The Bertz CT molecular complexity index is 325. The summed E-state index contributed by atoms with van der Waals surface area (Å²) < 4.78 is 5.50. The lowest BCUT2D eigenvalue weighted by Gasteiger charge is -2.44. The average Bonchev–Trinajstić information content (AvgIpc) is 2.84. The molecule has 19 heavy (non-hydrogen) atoms. The van der Waals surface area contributed by atoms with E-state index in [0.717, 1.165) is 39.2 Å². The third kappa shape index (κ3) is 3.09. The molecular formula is C14H27N3O2. The summed E-state index contributed by atoms with van der Waals surface area (Å²) in [5.41, 5.74) is 5.84. The monoisotopic (exact) mass is 269 g/mol. The first-order chi connectivity index (χ1) is 8.95. The summed E-state index contributed by atoms with van der Waals surface area (Å²) in [6.07, 6.45) is 0.945. The van der Waals surface area contributed by atoms with Crippen molar-refractivity contribution in [2.24, 2.45) is 11.7 Å². The maximum atomic E-state index is 12.4. The lowest BCUT2D eigenvalue weighted by Crippen LogP contribution is -2.59. The zero-order valence-corrected chi connectivity index (χ0v) is 12.4. The van der Waals surface area contributed by atoms with Gasteiger partial charge in [0.15, 0.2) is 0 Å². The predicted molar refractivity (Wildman–Crippen MR) is 74.8 cm³/mol. The van der Waals surface area contributed by atoms with Crippen LogP contribution in [-0.4, -0.2) is 66.7 Å². The Morgan fingerprint density at radius 1 is 1.32 bits per heavy atom. The summed E-state index contributed by atoms with van der Waals surface area (Å²) in [7, 11) is 0. The summed E-state index contributed by atoms with van der Waals surface area (Å²) in [5, 5.41) is 0. The van der Waals surface area contributed by atoms with Crippen LogP contribution in [-0.2, 0) is 9.53 Å². The van der Waals surface area contributed by atoms with Crippen molar-refractivity contribution in [2.75, 3.05) is 39.3 Å². The van der Waals surface area contributed by atoms with Gasteiger partial charge in [0.2, 0.25) is 5.91 Å². The second-order valence-corrected chi connectivity index (χ2v) is 6.30. The number of ether oxygens (including phenoxy) is 1. The number of nitrogens with zero attached hydrogens (tertiary/aromatic N) is 2. The van der Waals surface area contributed by atoms with Crippen molar-refractivity contribution in [1.82, 2.24) is 9.80 Å². The number of hydrogen-bond donors (Lipinski definition) is 1. The van der Waals surface area contributed by atoms with Crippen LogP contribution >= 0.6 is 0 Å². The van der Waals surface area contributed by atoms with E-state index in [1.807, 2.05) is 11.8 Å². The van der Waals surface area contributed by atoms with Crippen LogP contribution < -0.4 is 5.73 Å². The molecule has 1 amide bonds. The zero-order chi connectivity index (χ0) is 14.0. The highest BCUT2D eigenvalue weighted by Gasteiger charge is 2.36. The highest BCUT2D eigenvalue weighted by atomic mass is 16.5. The lowest BCUT2D eigenvalue weighted by atomic mass is 9.99. The van der Waals surface area contributed by atoms with Gasteiger partial charge in [-0.3, -0.25) is 9.69 Å². The quantitative estimate of drug-likeness (QED) is 0.800. The maximum absolute atomic E-state index is 12.4. The van der Waals surface area contributed by atoms with Gasteiger partial charge in [0.25, 0.3) is 0 Å². The minimum Gasteiger partial charge on any atom is -0.378 e. The SMILES string of the molecule is CC1OCCC1C(=O)N1CCN(C(C)(C)CN)CC1. The maximum Gasteiger partial charge on any atom is 0.228 e. The van der Waals surface area contributed by atoms with Crippen molar-refractivity contribution in [3.05, 3.63) is 0 Å². The zero-order valence-electron chi connectivity index (χ0n) is 12.4. The number of amides is 1. The summed E-state index contributed by atoms with van der Waals surface area (Å²) in [6.45, 7) is 11.1. The third-order valence-electron chi connectivity index (χ3n) is 4.64. The second-order valence-electron chi connectivity index (χ2n) is 6.30. The molecule has 0 aliphatic carbocycles. The van der Waals surface area contributed by atoms with Crippen molar-refractivity contribution in [2.45, 2.75) is 38.8 Å². The van der Waals surface area contributed by atoms with E-state index in [1.54, 1.807) is 0 Å². The van der Waals surface area contributed by atoms with Gasteiger partial charge in [-0.15, -0.1) is 0 Å². The standard InChI is InChI=1S/C14H27N3O2/c1-11-12(4-9-19-11)13(18)16-5-7-17(8-6-16)14(2,3)10-15/h11-12H,4-10,15H2,1-3H3. The van der Waals surface area contributed by atoms with Crippen LogP contribution in [0.3, 0.4) is 0 Å². The first kappa shape index (κ1) is 14.8. The third-order valence-corrected chi connectivity index (χ3v) is 4.64. The Labute approximate surface area is 116 Å². The topological polar surface area (TPSA) is 58.8 Å². The molecule has 0 aromatic carbocycles. The van der Waals surface area contributed by atoms with Crippen LogP contribution in [0.1, 0.15) is 27.2 Å². The fraction of sp³-hybridized carbons (Fsp3) is 0.929. The largest absolute Gasteiger partial charge is 0.378 e. The first-order valence-electron chi connectivity index (χ1n) is 7.31. The van der Waals surface area contributed by atoms with E-state index in [2.05, 4.69) is 18.7 Å². The Hall–Kier alpha value is -0.650. The Balaban J connectivity index is 1.88. The second kappa shape index (κ2) is 5.77. The molecule has 5 heteroatoms. The molecule has 0 aromatic rings. The van der Waals surface area contributed by atoms with Gasteiger partial charge in [0.1, 0.15) is 0 Å². The van der Waals surface area contributed by atoms with Crippen molar-refractivity contribution in [3.63, 3.8) is 0 Å². The van der Waals surface area contributed by atoms with E-state index in [-0.39, 0.29) is 23.5 Å². The van der Waals surface area contributed by atoms with Crippen molar-refractivity contribution in [3.8, 4) is 0 Å². The van der Waals surface area contributed by atoms with E-state index in [1.165, 1.54) is 0 Å². The number of carbonyl (C=O) groups is 1. The smallest absolute Gasteiger partial charge is 0.228 e. The van der Waals surface area contributed by atoms with Gasteiger partial charge in [0.05, 0.1) is 12.0 Å². The molecule has 110 valence electrons. The highest BCUT2D eigenvalue weighted by molar-refractivity contribution is 5.79. The predicted octanol–water partition coefficient (Wildman–Crippen LogP) is 0.293. The summed E-state index contributed by atoms with van der Waals surface area (Å²) in [5.74, 6) is 0.337. The molecule has 0 aromatic heterocycles. The molecule has 2 unspecified atom stereocenters. The fourth-order valence-electron chi connectivity index (χ4n) is 2.95.